The SMILES string of the molecule is CC(C)CC(NC(=O)c1ccccc1)C(C(=O)NC(C)c1ccccc1)c1ccc(O)cn1. The second kappa shape index (κ2) is 11.3. The Hall–Kier alpha value is -3.67. The van der Waals surface area contributed by atoms with E-state index in [9.17, 15) is 14.7 Å². The number of nitrogens with one attached hydrogen (secondary N) is 2. The second-order valence-electron chi connectivity index (χ2n) is 8.64. The van der Waals surface area contributed by atoms with Gasteiger partial charge in [0.25, 0.3) is 5.91 Å². The molecule has 6 heteroatoms. The van der Waals surface area contributed by atoms with Crippen molar-refractivity contribution in [1.29, 1.82) is 0 Å². The third kappa shape index (κ3) is 6.65. The molecule has 1 aromatic heterocycles. The van der Waals surface area contributed by atoms with Gasteiger partial charge >= 0.3 is 0 Å². The number of nitrogens with zero attached hydrogens (tertiary/aromatic N) is 1. The van der Waals surface area contributed by atoms with Crippen LogP contribution in [-0.2, 0) is 4.79 Å². The zero-order chi connectivity index (χ0) is 23.8. The molecule has 0 aliphatic heterocycles. The fraction of sp³-hybridized carbons (Fsp3) is 0.296. The predicted molar refractivity (Wildman–Crippen MR) is 129 cm³/mol. The van der Waals surface area contributed by atoms with Crippen molar-refractivity contribution >= 4 is 11.8 Å². The van der Waals surface area contributed by atoms with Gasteiger partial charge < -0.3 is 15.7 Å². The van der Waals surface area contributed by atoms with Gasteiger partial charge in [-0.3, -0.25) is 14.6 Å². The summed E-state index contributed by atoms with van der Waals surface area (Å²) in [6.07, 6.45) is 1.90. The van der Waals surface area contributed by atoms with Crippen LogP contribution in [0.25, 0.3) is 0 Å². The van der Waals surface area contributed by atoms with Gasteiger partial charge in [0.05, 0.1) is 17.9 Å². The highest BCUT2D eigenvalue weighted by Gasteiger charge is 2.34. The van der Waals surface area contributed by atoms with Crippen LogP contribution in [0.2, 0.25) is 0 Å². The third-order valence-corrected chi connectivity index (χ3v) is 5.51. The number of rotatable bonds is 9. The Morgan fingerprint density at radius 3 is 2.09 bits per heavy atom. The first kappa shape index (κ1) is 24.0. The Morgan fingerprint density at radius 1 is 0.879 bits per heavy atom. The van der Waals surface area contributed by atoms with Crippen LogP contribution in [0, 0.1) is 5.92 Å². The monoisotopic (exact) mass is 445 g/mol. The van der Waals surface area contributed by atoms with Crippen molar-refractivity contribution in [3.8, 4) is 5.75 Å². The summed E-state index contributed by atoms with van der Waals surface area (Å²) in [5.41, 5.74) is 2.00. The van der Waals surface area contributed by atoms with Gasteiger partial charge in [0.15, 0.2) is 0 Å². The van der Waals surface area contributed by atoms with Crippen LogP contribution in [0.4, 0.5) is 0 Å². The van der Waals surface area contributed by atoms with Crippen LogP contribution in [0.5, 0.6) is 5.75 Å². The van der Waals surface area contributed by atoms with Crippen LogP contribution in [0.15, 0.2) is 79.0 Å². The van der Waals surface area contributed by atoms with Gasteiger partial charge in [-0.15, -0.1) is 0 Å². The maximum absolute atomic E-state index is 13.6. The highest BCUT2D eigenvalue weighted by Crippen LogP contribution is 2.26. The van der Waals surface area contributed by atoms with Gasteiger partial charge in [-0.1, -0.05) is 62.4 Å². The number of pyridine rings is 1. The standard InChI is InChI=1S/C27H31N3O3/c1-18(2)16-24(30-26(32)21-12-8-5-9-13-21)25(23-15-14-22(31)17-28-23)27(33)29-19(3)20-10-6-4-7-11-20/h4-15,17-19,24-25,31H,16H2,1-3H3,(H,29,33)(H,30,32). The molecule has 1 heterocycles. The maximum atomic E-state index is 13.6. The molecule has 0 saturated heterocycles. The van der Waals surface area contributed by atoms with E-state index in [0.29, 0.717) is 17.7 Å². The van der Waals surface area contributed by atoms with Crippen molar-refractivity contribution in [1.82, 2.24) is 15.6 Å². The second-order valence-corrected chi connectivity index (χ2v) is 8.64. The highest BCUT2D eigenvalue weighted by molar-refractivity contribution is 5.95. The average molecular weight is 446 g/mol. The molecule has 3 N–H and O–H groups in total. The molecule has 0 bridgehead atoms. The molecule has 3 rings (SSSR count). The summed E-state index contributed by atoms with van der Waals surface area (Å²) < 4.78 is 0. The number of hydrogen-bond acceptors (Lipinski definition) is 4. The van der Waals surface area contributed by atoms with E-state index >= 15 is 0 Å². The molecule has 2 aromatic carbocycles. The summed E-state index contributed by atoms with van der Waals surface area (Å²) in [5.74, 6) is -0.960. The number of aromatic hydroxyl groups is 1. The Kier molecular flexibility index (Phi) is 8.19. The fourth-order valence-electron chi connectivity index (χ4n) is 3.86. The maximum Gasteiger partial charge on any atom is 0.251 e. The van der Waals surface area contributed by atoms with Crippen LogP contribution in [-0.4, -0.2) is 27.9 Å². The van der Waals surface area contributed by atoms with Crippen molar-refractivity contribution in [2.45, 2.75) is 45.2 Å². The molecule has 3 unspecified atom stereocenters. The van der Waals surface area contributed by atoms with Gasteiger partial charge in [0.1, 0.15) is 11.7 Å². The van der Waals surface area contributed by atoms with Gasteiger partial charge in [-0.25, -0.2) is 0 Å². The molecule has 0 radical (unpaired) electrons. The van der Waals surface area contributed by atoms with Crippen LogP contribution >= 0.6 is 0 Å². The lowest BCUT2D eigenvalue weighted by Gasteiger charge is -2.29. The Morgan fingerprint density at radius 2 is 1.52 bits per heavy atom. The van der Waals surface area contributed by atoms with Crippen LogP contribution < -0.4 is 10.6 Å². The van der Waals surface area contributed by atoms with Gasteiger partial charge in [0, 0.05) is 11.6 Å². The molecule has 3 aromatic rings. The van der Waals surface area contributed by atoms with E-state index in [-0.39, 0.29) is 29.5 Å². The number of aromatic nitrogens is 1. The van der Waals surface area contributed by atoms with E-state index in [1.807, 2.05) is 57.2 Å². The van der Waals surface area contributed by atoms with E-state index < -0.39 is 12.0 Å². The lowest BCUT2D eigenvalue weighted by atomic mass is 9.87. The van der Waals surface area contributed by atoms with Crippen molar-refractivity contribution in [2.75, 3.05) is 0 Å². The zero-order valence-corrected chi connectivity index (χ0v) is 19.2. The Bertz CT molecular complexity index is 1040. The molecule has 33 heavy (non-hydrogen) atoms. The van der Waals surface area contributed by atoms with E-state index in [4.69, 9.17) is 0 Å². The minimum Gasteiger partial charge on any atom is -0.506 e. The molecule has 6 nitrogen and oxygen atoms in total. The summed E-state index contributed by atoms with van der Waals surface area (Å²) in [5, 5.41) is 15.9. The van der Waals surface area contributed by atoms with E-state index in [1.54, 1.807) is 30.3 Å². The first-order chi connectivity index (χ1) is 15.8. The molecular weight excluding hydrogens is 414 g/mol. The molecule has 0 aliphatic rings. The predicted octanol–water partition coefficient (Wildman–Crippen LogP) is 4.59. The molecular formula is C27H31N3O3. The quantitative estimate of drug-likeness (QED) is 0.449. The van der Waals surface area contributed by atoms with Crippen molar-refractivity contribution in [2.24, 2.45) is 5.92 Å². The number of benzene rings is 2. The first-order valence-electron chi connectivity index (χ1n) is 11.2. The summed E-state index contributed by atoms with van der Waals surface area (Å²) in [7, 11) is 0. The number of carbonyl (C=O) groups is 2. The molecule has 0 saturated carbocycles. The summed E-state index contributed by atoms with van der Waals surface area (Å²) in [4.78, 5) is 30.9. The van der Waals surface area contributed by atoms with Crippen LogP contribution in [0.1, 0.15) is 60.8 Å². The van der Waals surface area contributed by atoms with E-state index in [2.05, 4.69) is 15.6 Å². The normalized spacial score (nSPS) is 13.7. The molecule has 0 spiro atoms. The van der Waals surface area contributed by atoms with E-state index in [1.165, 1.54) is 12.3 Å². The van der Waals surface area contributed by atoms with Crippen molar-refractivity contribution < 1.29 is 14.7 Å². The lowest BCUT2D eigenvalue weighted by Crippen LogP contribution is -2.46. The molecule has 172 valence electrons. The Balaban J connectivity index is 1.92. The zero-order valence-electron chi connectivity index (χ0n) is 19.2. The largest absolute Gasteiger partial charge is 0.506 e. The molecule has 0 fully saturated rings. The molecule has 0 aliphatic carbocycles. The topological polar surface area (TPSA) is 91.3 Å². The Labute approximate surface area is 195 Å². The van der Waals surface area contributed by atoms with Gasteiger partial charge in [-0.2, -0.15) is 0 Å². The summed E-state index contributed by atoms with van der Waals surface area (Å²) in [6.45, 7) is 6.02. The van der Waals surface area contributed by atoms with Gasteiger partial charge in [-0.05, 0) is 49.1 Å². The minimum atomic E-state index is -0.730. The fourth-order valence-corrected chi connectivity index (χ4v) is 3.86. The lowest BCUT2D eigenvalue weighted by molar-refractivity contribution is -0.124. The van der Waals surface area contributed by atoms with Crippen LogP contribution in [0.3, 0.4) is 0 Å². The number of hydrogen-bond donors (Lipinski definition) is 3. The molecule has 3 atom stereocenters. The van der Waals surface area contributed by atoms with Crippen molar-refractivity contribution in [3.63, 3.8) is 0 Å². The average Bonchev–Trinajstić information content (AvgIpc) is 2.81. The minimum absolute atomic E-state index is 0.0179. The number of carbonyl (C=O) groups excluding carboxylic acids is 2. The summed E-state index contributed by atoms with van der Waals surface area (Å²) in [6, 6.07) is 21.1. The summed E-state index contributed by atoms with van der Waals surface area (Å²) >= 11 is 0. The van der Waals surface area contributed by atoms with Gasteiger partial charge in [0.2, 0.25) is 5.91 Å². The number of amides is 2. The smallest absolute Gasteiger partial charge is 0.251 e. The highest BCUT2D eigenvalue weighted by atomic mass is 16.3. The van der Waals surface area contributed by atoms with E-state index in [0.717, 1.165) is 5.56 Å². The van der Waals surface area contributed by atoms with Crippen molar-refractivity contribution in [3.05, 3.63) is 95.8 Å². The first-order valence-corrected chi connectivity index (χ1v) is 11.2. The molecule has 2 amide bonds. The third-order valence-electron chi connectivity index (χ3n) is 5.51.